The molecule has 1 atom stereocenters. The molecule has 0 spiro atoms. The number of halogens is 1. The fourth-order valence-electron chi connectivity index (χ4n) is 2.79. The molecule has 0 aliphatic heterocycles. The van der Waals surface area contributed by atoms with Crippen LogP contribution < -0.4 is 5.73 Å². The zero-order valence-corrected chi connectivity index (χ0v) is 13.2. The Kier molecular flexibility index (Phi) is 5.39. The van der Waals surface area contributed by atoms with Crippen molar-refractivity contribution in [3.05, 3.63) is 48.3 Å². The molecule has 5 heteroatoms. The molecule has 1 fully saturated rings. The summed E-state index contributed by atoms with van der Waals surface area (Å²) < 4.78 is 1.88. The molecule has 1 aliphatic carbocycles. The zero-order valence-electron chi connectivity index (χ0n) is 12.4. The SMILES string of the molecule is CN(Cc1ccc(-n2cccn2)cc1)C(CN)C1CC1.Cl. The second-order valence-electron chi connectivity index (χ2n) is 5.67. The number of nitrogens with two attached hydrogens (primary N) is 1. The fraction of sp³-hybridized carbons (Fsp3) is 0.438. The highest BCUT2D eigenvalue weighted by Crippen LogP contribution is 2.34. The number of aromatic nitrogens is 2. The lowest BCUT2D eigenvalue weighted by atomic mass is 10.1. The van der Waals surface area contributed by atoms with E-state index in [1.54, 1.807) is 6.20 Å². The van der Waals surface area contributed by atoms with Crippen LogP contribution in [0.3, 0.4) is 0 Å². The Bertz CT molecular complexity index is 534. The average molecular weight is 307 g/mol. The van der Waals surface area contributed by atoms with Crippen LogP contribution in [-0.4, -0.2) is 34.3 Å². The summed E-state index contributed by atoms with van der Waals surface area (Å²) >= 11 is 0. The van der Waals surface area contributed by atoms with Gasteiger partial charge in [-0.2, -0.15) is 5.10 Å². The van der Waals surface area contributed by atoms with E-state index >= 15 is 0 Å². The molecule has 1 aliphatic rings. The highest BCUT2D eigenvalue weighted by Gasteiger charge is 2.32. The molecule has 1 heterocycles. The topological polar surface area (TPSA) is 47.1 Å². The maximum atomic E-state index is 5.90. The average Bonchev–Trinajstić information content (AvgIpc) is 3.14. The number of hydrogen-bond acceptors (Lipinski definition) is 3. The normalized spacial score (nSPS) is 15.8. The number of hydrogen-bond donors (Lipinski definition) is 1. The van der Waals surface area contributed by atoms with Crippen molar-refractivity contribution in [2.24, 2.45) is 11.7 Å². The van der Waals surface area contributed by atoms with E-state index in [-0.39, 0.29) is 12.4 Å². The van der Waals surface area contributed by atoms with E-state index in [1.165, 1.54) is 18.4 Å². The van der Waals surface area contributed by atoms with Crippen LogP contribution in [-0.2, 0) is 6.54 Å². The van der Waals surface area contributed by atoms with Gasteiger partial charge in [0.25, 0.3) is 0 Å². The number of nitrogens with zero attached hydrogens (tertiary/aromatic N) is 3. The van der Waals surface area contributed by atoms with Crippen molar-refractivity contribution in [1.82, 2.24) is 14.7 Å². The maximum absolute atomic E-state index is 5.90. The van der Waals surface area contributed by atoms with Gasteiger partial charge in [-0.05, 0) is 49.6 Å². The quantitative estimate of drug-likeness (QED) is 0.892. The summed E-state index contributed by atoms with van der Waals surface area (Å²) in [7, 11) is 2.18. The first-order valence-electron chi connectivity index (χ1n) is 7.27. The minimum absolute atomic E-state index is 0. The highest BCUT2D eigenvalue weighted by molar-refractivity contribution is 5.85. The van der Waals surface area contributed by atoms with Gasteiger partial charge in [0.1, 0.15) is 0 Å². The fourth-order valence-corrected chi connectivity index (χ4v) is 2.79. The Hall–Kier alpha value is -1.36. The van der Waals surface area contributed by atoms with Gasteiger partial charge in [-0.15, -0.1) is 12.4 Å². The first-order valence-corrected chi connectivity index (χ1v) is 7.27. The number of likely N-dealkylation sites (N-methyl/N-ethyl adjacent to an activating group) is 1. The Balaban J connectivity index is 0.00000161. The van der Waals surface area contributed by atoms with Gasteiger partial charge < -0.3 is 5.73 Å². The molecule has 0 amide bonds. The molecule has 0 saturated heterocycles. The van der Waals surface area contributed by atoms with Gasteiger partial charge in [0.05, 0.1) is 5.69 Å². The van der Waals surface area contributed by atoms with Crippen LogP contribution in [0.5, 0.6) is 0 Å². The Morgan fingerprint density at radius 3 is 2.57 bits per heavy atom. The van der Waals surface area contributed by atoms with Crippen LogP contribution in [0.2, 0.25) is 0 Å². The summed E-state index contributed by atoms with van der Waals surface area (Å²) in [5, 5.41) is 4.24. The lowest BCUT2D eigenvalue weighted by Gasteiger charge is -2.27. The molecule has 4 nitrogen and oxygen atoms in total. The van der Waals surface area contributed by atoms with Gasteiger partial charge in [-0.1, -0.05) is 12.1 Å². The summed E-state index contributed by atoms with van der Waals surface area (Å²) in [6, 6.07) is 11.0. The molecule has 1 saturated carbocycles. The lowest BCUT2D eigenvalue weighted by molar-refractivity contribution is 0.215. The van der Waals surface area contributed by atoms with Gasteiger partial charge in [-0.3, -0.25) is 4.90 Å². The van der Waals surface area contributed by atoms with Crippen LogP contribution in [0.25, 0.3) is 5.69 Å². The van der Waals surface area contributed by atoms with E-state index in [2.05, 4.69) is 41.3 Å². The van der Waals surface area contributed by atoms with Gasteiger partial charge in [-0.25, -0.2) is 4.68 Å². The first-order chi connectivity index (χ1) is 9.78. The molecule has 114 valence electrons. The lowest BCUT2D eigenvalue weighted by Crippen LogP contribution is -2.39. The molecule has 1 aromatic heterocycles. The smallest absolute Gasteiger partial charge is 0.0645 e. The molecule has 0 bridgehead atoms. The highest BCUT2D eigenvalue weighted by atomic mass is 35.5. The molecule has 21 heavy (non-hydrogen) atoms. The summed E-state index contributed by atoms with van der Waals surface area (Å²) in [6.07, 6.45) is 6.43. The van der Waals surface area contributed by atoms with Crippen LogP contribution in [0.1, 0.15) is 18.4 Å². The molecular weight excluding hydrogens is 284 g/mol. The maximum Gasteiger partial charge on any atom is 0.0645 e. The van der Waals surface area contributed by atoms with Crippen LogP contribution in [0.15, 0.2) is 42.7 Å². The van der Waals surface area contributed by atoms with Crippen molar-refractivity contribution in [2.45, 2.75) is 25.4 Å². The second-order valence-corrected chi connectivity index (χ2v) is 5.67. The van der Waals surface area contributed by atoms with Crippen molar-refractivity contribution >= 4 is 12.4 Å². The Morgan fingerprint density at radius 1 is 1.33 bits per heavy atom. The largest absolute Gasteiger partial charge is 0.329 e. The third-order valence-corrected chi connectivity index (χ3v) is 4.11. The van der Waals surface area contributed by atoms with Crippen LogP contribution in [0.4, 0.5) is 0 Å². The minimum Gasteiger partial charge on any atom is -0.329 e. The zero-order chi connectivity index (χ0) is 13.9. The van der Waals surface area contributed by atoms with E-state index in [0.717, 1.165) is 24.7 Å². The van der Waals surface area contributed by atoms with E-state index in [1.807, 2.05) is 16.9 Å². The van der Waals surface area contributed by atoms with Crippen molar-refractivity contribution in [2.75, 3.05) is 13.6 Å². The van der Waals surface area contributed by atoms with Crippen LogP contribution in [0, 0.1) is 5.92 Å². The molecule has 1 unspecified atom stereocenters. The predicted molar refractivity (Wildman–Crippen MR) is 87.8 cm³/mol. The first kappa shape index (κ1) is 16.0. The summed E-state index contributed by atoms with van der Waals surface area (Å²) in [6.45, 7) is 1.71. The van der Waals surface area contributed by atoms with E-state index in [4.69, 9.17) is 5.73 Å². The molecular formula is C16H23ClN4. The number of benzene rings is 1. The van der Waals surface area contributed by atoms with Crippen molar-refractivity contribution in [3.8, 4) is 5.69 Å². The van der Waals surface area contributed by atoms with Crippen LogP contribution >= 0.6 is 12.4 Å². The second kappa shape index (κ2) is 7.07. The minimum atomic E-state index is 0. The van der Waals surface area contributed by atoms with Crippen molar-refractivity contribution in [1.29, 1.82) is 0 Å². The molecule has 3 rings (SSSR count). The molecule has 1 aromatic carbocycles. The van der Waals surface area contributed by atoms with E-state index in [0.29, 0.717) is 6.04 Å². The van der Waals surface area contributed by atoms with E-state index in [9.17, 15) is 0 Å². The summed E-state index contributed by atoms with van der Waals surface area (Å²) in [5.74, 6) is 0.813. The molecule has 2 N–H and O–H groups in total. The monoisotopic (exact) mass is 306 g/mol. The van der Waals surface area contributed by atoms with Gasteiger partial charge >= 0.3 is 0 Å². The predicted octanol–water partition coefficient (Wildman–Crippen LogP) is 2.46. The van der Waals surface area contributed by atoms with Gasteiger partial charge in [0, 0.05) is 31.5 Å². The van der Waals surface area contributed by atoms with Gasteiger partial charge in [0.15, 0.2) is 0 Å². The molecule has 2 aromatic rings. The summed E-state index contributed by atoms with van der Waals surface area (Å²) in [4.78, 5) is 2.39. The Morgan fingerprint density at radius 2 is 2.05 bits per heavy atom. The van der Waals surface area contributed by atoms with Crippen molar-refractivity contribution < 1.29 is 0 Å². The third kappa shape index (κ3) is 3.84. The summed E-state index contributed by atoms with van der Waals surface area (Å²) in [5.41, 5.74) is 8.32. The standard InChI is InChI=1S/C16H22N4.ClH/c1-19(16(11-17)14-5-6-14)12-13-3-7-15(8-4-13)20-10-2-9-18-20;/h2-4,7-10,14,16H,5-6,11-12,17H2,1H3;1H. The van der Waals surface area contributed by atoms with E-state index < -0.39 is 0 Å². The Labute approximate surface area is 132 Å². The third-order valence-electron chi connectivity index (χ3n) is 4.11. The van der Waals surface area contributed by atoms with Gasteiger partial charge in [0.2, 0.25) is 0 Å². The molecule has 0 radical (unpaired) electrons. The van der Waals surface area contributed by atoms with Crippen molar-refractivity contribution in [3.63, 3.8) is 0 Å². The number of rotatable bonds is 6.